The maximum Gasteiger partial charge on any atom is 0.0612 e. The van der Waals surface area contributed by atoms with E-state index < -0.39 is 0 Å². The van der Waals surface area contributed by atoms with Crippen LogP contribution in [0.2, 0.25) is 0 Å². The van der Waals surface area contributed by atoms with Crippen LogP contribution in [0.3, 0.4) is 0 Å². The Morgan fingerprint density at radius 1 is 1.00 bits per heavy atom. The largest absolute Gasteiger partial charge is 0.302 e. The first kappa shape index (κ1) is 10.5. The molecule has 1 N–H and O–H groups in total. The fraction of sp³-hybridized carbons (Fsp3) is 0.267. The molecule has 1 fully saturated rings. The van der Waals surface area contributed by atoms with Gasteiger partial charge in [0, 0.05) is 12.7 Å². The monoisotopic (exact) mass is 224 g/mol. The average Bonchev–Trinajstić information content (AvgIpc) is 3.20. The third-order valence-electron chi connectivity index (χ3n) is 3.38. The number of pyridine rings is 1. The Labute approximate surface area is 102 Å². The summed E-state index contributed by atoms with van der Waals surface area (Å²) in [5, 5.41) is 3.64. The van der Waals surface area contributed by atoms with Crippen molar-refractivity contribution in [3.63, 3.8) is 0 Å². The molecule has 1 heterocycles. The molecule has 1 aromatic heterocycles. The van der Waals surface area contributed by atoms with Gasteiger partial charge in [-0.05, 0) is 30.5 Å². The zero-order valence-electron chi connectivity index (χ0n) is 9.76. The van der Waals surface area contributed by atoms with Crippen molar-refractivity contribution < 1.29 is 0 Å². The minimum absolute atomic E-state index is 0.136. The Morgan fingerprint density at radius 2 is 1.76 bits per heavy atom. The van der Waals surface area contributed by atoms with Crippen molar-refractivity contribution in [1.29, 1.82) is 0 Å². The van der Waals surface area contributed by atoms with Crippen LogP contribution in [0.1, 0.15) is 24.1 Å². The normalized spacial score (nSPS) is 16.7. The van der Waals surface area contributed by atoms with Crippen molar-refractivity contribution >= 4 is 0 Å². The topological polar surface area (TPSA) is 24.9 Å². The number of nitrogens with one attached hydrogen (secondary N) is 1. The first-order valence-corrected chi connectivity index (χ1v) is 6.10. The predicted octanol–water partition coefficient (Wildman–Crippen LogP) is 2.86. The number of rotatable bonds is 4. The highest BCUT2D eigenvalue weighted by Crippen LogP contribution is 2.44. The molecule has 86 valence electrons. The van der Waals surface area contributed by atoms with Gasteiger partial charge in [0.05, 0.1) is 11.2 Å². The Hall–Kier alpha value is -1.67. The summed E-state index contributed by atoms with van der Waals surface area (Å²) in [5.74, 6) is 0. The van der Waals surface area contributed by atoms with Crippen LogP contribution in [-0.4, -0.2) is 4.98 Å². The van der Waals surface area contributed by atoms with E-state index in [0.717, 1.165) is 6.54 Å². The molecule has 0 saturated heterocycles. The van der Waals surface area contributed by atoms with E-state index in [0.29, 0.717) is 0 Å². The molecule has 1 saturated carbocycles. The quantitative estimate of drug-likeness (QED) is 0.863. The van der Waals surface area contributed by atoms with Crippen LogP contribution in [0, 0.1) is 0 Å². The minimum Gasteiger partial charge on any atom is -0.302 e. The molecule has 0 amide bonds. The van der Waals surface area contributed by atoms with Gasteiger partial charge in [-0.15, -0.1) is 0 Å². The molecular formula is C15H16N2. The molecule has 1 aliphatic carbocycles. The zero-order chi connectivity index (χ0) is 11.6. The van der Waals surface area contributed by atoms with Crippen LogP contribution in [0.25, 0.3) is 0 Å². The molecule has 1 aliphatic rings. The van der Waals surface area contributed by atoms with Crippen LogP contribution < -0.4 is 5.32 Å². The van der Waals surface area contributed by atoms with Crippen molar-refractivity contribution in [2.24, 2.45) is 0 Å². The van der Waals surface area contributed by atoms with Crippen LogP contribution in [0.15, 0.2) is 54.7 Å². The second-order valence-electron chi connectivity index (χ2n) is 4.64. The Bertz CT molecular complexity index is 475. The molecule has 0 aliphatic heterocycles. The van der Waals surface area contributed by atoms with Crippen LogP contribution in [0.4, 0.5) is 0 Å². The predicted molar refractivity (Wildman–Crippen MR) is 68.4 cm³/mol. The van der Waals surface area contributed by atoms with E-state index in [-0.39, 0.29) is 5.54 Å². The SMILES string of the molecule is c1ccc(CNC2(c3ccccn3)CC2)cc1. The van der Waals surface area contributed by atoms with Crippen molar-refractivity contribution in [3.8, 4) is 0 Å². The van der Waals surface area contributed by atoms with Crippen molar-refractivity contribution in [2.75, 3.05) is 0 Å². The number of aromatic nitrogens is 1. The highest BCUT2D eigenvalue weighted by atomic mass is 15.0. The molecule has 2 heteroatoms. The summed E-state index contributed by atoms with van der Waals surface area (Å²) in [6.45, 7) is 0.914. The lowest BCUT2D eigenvalue weighted by molar-refractivity contribution is 0.506. The number of hydrogen-bond acceptors (Lipinski definition) is 2. The van der Waals surface area contributed by atoms with E-state index in [1.54, 1.807) is 0 Å². The first-order chi connectivity index (χ1) is 8.39. The molecule has 3 rings (SSSR count). The van der Waals surface area contributed by atoms with Crippen LogP contribution >= 0.6 is 0 Å². The molecule has 0 atom stereocenters. The Balaban J connectivity index is 1.70. The van der Waals surface area contributed by atoms with E-state index >= 15 is 0 Å². The summed E-state index contributed by atoms with van der Waals surface area (Å²) < 4.78 is 0. The third kappa shape index (κ3) is 2.22. The summed E-state index contributed by atoms with van der Waals surface area (Å²) in [6, 6.07) is 16.7. The molecule has 17 heavy (non-hydrogen) atoms. The maximum absolute atomic E-state index is 4.46. The summed E-state index contributed by atoms with van der Waals surface area (Å²) >= 11 is 0. The molecule has 0 spiro atoms. The van der Waals surface area contributed by atoms with Gasteiger partial charge in [0.2, 0.25) is 0 Å². The fourth-order valence-corrected chi connectivity index (χ4v) is 2.16. The van der Waals surface area contributed by atoms with Gasteiger partial charge < -0.3 is 5.32 Å². The first-order valence-electron chi connectivity index (χ1n) is 6.10. The van der Waals surface area contributed by atoms with Crippen molar-refractivity contribution in [1.82, 2.24) is 10.3 Å². The minimum atomic E-state index is 0.136. The third-order valence-corrected chi connectivity index (χ3v) is 3.38. The molecule has 2 aromatic rings. The summed E-state index contributed by atoms with van der Waals surface area (Å²) in [4.78, 5) is 4.46. The second-order valence-corrected chi connectivity index (χ2v) is 4.64. The van der Waals surface area contributed by atoms with Gasteiger partial charge in [0.15, 0.2) is 0 Å². The van der Waals surface area contributed by atoms with Gasteiger partial charge in [-0.1, -0.05) is 36.4 Å². The van der Waals surface area contributed by atoms with Gasteiger partial charge in [0.25, 0.3) is 0 Å². The molecular weight excluding hydrogens is 208 g/mol. The summed E-state index contributed by atoms with van der Waals surface area (Å²) in [7, 11) is 0. The summed E-state index contributed by atoms with van der Waals surface area (Å²) in [5.41, 5.74) is 2.64. The maximum atomic E-state index is 4.46. The van der Waals surface area contributed by atoms with E-state index in [2.05, 4.69) is 52.8 Å². The van der Waals surface area contributed by atoms with E-state index in [9.17, 15) is 0 Å². The van der Waals surface area contributed by atoms with E-state index in [4.69, 9.17) is 0 Å². The molecule has 2 nitrogen and oxygen atoms in total. The number of benzene rings is 1. The van der Waals surface area contributed by atoms with E-state index in [1.807, 2.05) is 12.3 Å². The lowest BCUT2D eigenvalue weighted by Gasteiger charge is -2.16. The molecule has 1 aromatic carbocycles. The standard InChI is InChI=1S/C15H16N2/c1-2-6-13(7-3-1)12-17-15(9-10-15)14-8-4-5-11-16-14/h1-8,11,17H,9-10,12H2. The molecule has 0 radical (unpaired) electrons. The van der Waals surface area contributed by atoms with E-state index in [1.165, 1.54) is 24.1 Å². The Morgan fingerprint density at radius 3 is 2.41 bits per heavy atom. The van der Waals surface area contributed by atoms with Gasteiger partial charge >= 0.3 is 0 Å². The van der Waals surface area contributed by atoms with Gasteiger partial charge in [-0.25, -0.2) is 0 Å². The van der Waals surface area contributed by atoms with Gasteiger partial charge in [-0.3, -0.25) is 4.98 Å². The Kier molecular flexibility index (Phi) is 2.65. The number of hydrogen-bond donors (Lipinski definition) is 1. The molecule has 0 bridgehead atoms. The second kappa shape index (κ2) is 4.30. The van der Waals surface area contributed by atoms with Crippen molar-refractivity contribution in [3.05, 3.63) is 66.0 Å². The number of nitrogens with zero attached hydrogens (tertiary/aromatic N) is 1. The highest BCUT2D eigenvalue weighted by molar-refractivity contribution is 5.24. The molecule has 0 unspecified atom stereocenters. The van der Waals surface area contributed by atoms with Crippen LogP contribution in [0.5, 0.6) is 0 Å². The van der Waals surface area contributed by atoms with Gasteiger partial charge in [-0.2, -0.15) is 0 Å². The van der Waals surface area contributed by atoms with Crippen molar-refractivity contribution in [2.45, 2.75) is 24.9 Å². The zero-order valence-corrected chi connectivity index (χ0v) is 9.76. The average molecular weight is 224 g/mol. The van der Waals surface area contributed by atoms with Gasteiger partial charge in [0.1, 0.15) is 0 Å². The fourth-order valence-electron chi connectivity index (χ4n) is 2.16. The lowest BCUT2D eigenvalue weighted by atomic mass is 10.1. The van der Waals surface area contributed by atoms with Crippen LogP contribution in [-0.2, 0) is 12.1 Å². The summed E-state index contributed by atoms with van der Waals surface area (Å²) in [6.07, 6.45) is 4.26. The highest BCUT2D eigenvalue weighted by Gasteiger charge is 2.44. The lowest BCUT2D eigenvalue weighted by Crippen LogP contribution is -2.29. The smallest absolute Gasteiger partial charge is 0.0612 e.